The minimum atomic E-state index is -0.0111. The molecule has 0 spiro atoms. The molecule has 33 heavy (non-hydrogen) atoms. The molecular formula is C25H36N6O2. The third-order valence-electron chi connectivity index (χ3n) is 7.01. The molecule has 1 N–H and O–H groups in total. The second kappa shape index (κ2) is 10.6. The van der Waals surface area contributed by atoms with Gasteiger partial charge in [0.05, 0.1) is 19.2 Å². The molecule has 1 atom stereocenters. The summed E-state index contributed by atoms with van der Waals surface area (Å²) in [5.74, 6) is 0.865. The van der Waals surface area contributed by atoms with Gasteiger partial charge in [-0.05, 0) is 78.2 Å². The van der Waals surface area contributed by atoms with Gasteiger partial charge in [0, 0.05) is 30.8 Å². The van der Waals surface area contributed by atoms with Crippen LogP contribution in [0.4, 0.5) is 0 Å². The highest BCUT2D eigenvalue weighted by Gasteiger charge is 2.33. The number of nitrogens with one attached hydrogen (secondary N) is 1. The molecule has 178 valence electrons. The Kier molecular flexibility index (Phi) is 7.55. The van der Waals surface area contributed by atoms with Gasteiger partial charge in [0.15, 0.2) is 5.82 Å². The SMILES string of the molecule is CCC[C@@H](c1nnnn1CCOC)N(Cc1cc2cc(C)c(C)cc2[nH]c1=O)C1CCCC1. The van der Waals surface area contributed by atoms with E-state index < -0.39 is 0 Å². The van der Waals surface area contributed by atoms with E-state index in [4.69, 9.17) is 4.74 Å². The highest BCUT2D eigenvalue weighted by Crippen LogP contribution is 2.34. The highest BCUT2D eigenvalue weighted by molar-refractivity contribution is 5.80. The first-order chi connectivity index (χ1) is 16.0. The molecule has 1 saturated carbocycles. The zero-order valence-electron chi connectivity index (χ0n) is 20.3. The number of benzene rings is 1. The topological polar surface area (TPSA) is 88.9 Å². The molecule has 0 radical (unpaired) electrons. The van der Waals surface area contributed by atoms with Gasteiger partial charge >= 0.3 is 0 Å². The van der Waals surface area contributed by atoms with Crippen molar-refractivity contribution in [3.63, 3.8) is 0 Å². The summed E-state index contributed by atoms with van der Waals surface area (Å²) in [4.78, 5) is 18.7. The Morgan fingerprint density at radius 3 is 2.70 bits per heavy atom. The number of tetrazole rings is 1. The van der Waals surface area contributed by atoms with Crippen LogP contribution in [0.1, 0.15) is 74.0 Å². The molecule has 8 nitrogen and oxygen atoms in total. The number of aryl methyl sites for hydroxylation is 2. The number of ether oxygens (including phenoxy) is 1. The summed E-state index contributed by atoms with van der Waals surface area (Å²) in [6.07, 6.45) is 6.68. The maximum absolute atomic E-state index is 13.1. The lowest BCUT2D eigenvalue weighted by Gasteiger charge is -2.35. The average Bonchev–Trinajstić information content (AvgIpc) is 3.48. The van der Waals surface area contributed by atoms with E-state index in [2.05, 4.69) is 64.4 Å². The van der Waals surface area contributed by atoms with Crippen molar-refractivity contribution in [1.29, 1.82) is 0 Å². The standard InChI is InChI=1S/C25H36N6O2/c1-5-8-23(24-27-28-29-31(24)11-12-33-4)30(21-9-6-7-10-21)16-20-15-19-13-17(2)18(3)14-22(19)26-25(20)32/h13-15,21,23H,5-12,16H2,1-4H3,(H,26,32)/t23-/m0/s1. The van der Waals surface area contributed by atoms with Crippen LogP contribution in [0, 0.1) is 13.8 Å². The van der Waals surface area contributed by atoms with Crippen LogP contribution in [-0.2, 0) is 17.8 Å². The van der Waals surface area contributed by atoms with E-state index in [0.717, 1.165) is 48.0 Å². The first-order valence-corrected chi connectivity index (χ1v) is 12.2. The molecule has 1 aliphatic rings. The van der Waals surface area contributed by atoms with Crippen molar-refractivity contribution >= 4 is 10.9 Å². The summed E-state index contributed by atoms with van der Waals surface area (Å²) in [6, 6.07) is 6.77. The Hall–Kier alpha value is -2.58. The third-order valence-corrected chi connectivity index (χ3v) is 7.01. The number of H-pyrrole nitrogens is 1. The molecule has 0 amide bonds. The normalized spacial score (nSPS) is 15.7. The molecule has 2 aromatic heterocycles. The predicted molar refractivity (Wildman–Crippen MR) is 129 cm³/mol. The maximum atomic E-state index is 13.1. The van der Waals surface area contributed by atoms with Gasteiger partial charge in [-0.3, -0.25) is 9.69 Å². The van der Waals surface area contributed by atoms with Gasteiger partial charge in [-0.1, -0.05) is 26.2 Å². The number of fused-ring (bicyclic) bond motifs is 1. The summed E-state index contributed by atoms with van der Waals surface area (Å²) >= 11 is 0. The van der Waals surface area contributed by atoms with Crippen molar-refractivity contribution < 1.29 is 4.74 Å². The van der Waals surface area contributed by atoms with Crippen LogP contribution in [0.15, 0.2) is 23.0 Å². The number of methoxy groups -OCH3 is 1. The van der Waals surface area contributed by atoms with Crippen LogP contribution in [0.5, 0.6) is 0 Å². The molecule has 0 unspecified atom stereocenters. The number of hydrogen-bond donors (Lipinski definition) is 1. The van der Waals surface area contributed by atoms with Gasteiger partial charge in [-0.15, -0.1) is 5.10 Å². The molecule has 1 aliphatic carbocycles. The fraction of sp³-hybridized carbons (Fsp3) is 0.600. The van der Waals surface area contributed by atoms with E-state index in [1.54, 1.807) is 7.11 Å². The number of nitrogens with zero attached hydrogens (tertiary/aromatic N) is 5. The molecule has 1 aromatic carbocycles. The number of pyridine rings is 1. The molecule has 4 rings (SSSR count). The molecule has 3 aromatic rings. The molecule has 0 aliphatic heterocycles. The zero-order chi connectivity index (χ0) is 23.4. The van der Waals surface area contributed by atoms with E-state index in [9.17, 15) is 4.79 Å². The molecular weight excluding hydrogens is 416 g/mol. The van der Waals surface area contributed by atoms with Crippen LogP contribution >= 0.6 is 0 Å². The number of hydrogen-bond acceptors (Lipinski definition) is 6. The molecule has 0 saturated heterocycles. The molecule has 8 heteroatoms. The second-order valence-corrected chi connectivity index (χ2v) is 9.32. The van der Waals surface area contributed by atoms with Crippen LogP contribution < -0.4 is 5.56 Å². The van der Waals surface area contributed by atoms with Crippen LogP contribution in [-0.4, -0.2) is 49.8 Å². The lowest BCUT2D eigenvalue weighted by molar-refractivity contribution is 0.105. The Morgan fingerprint density at radius 1 is 1.21 bits per heavy atom. The van der Waals surface area contributed by atoms with E-state index >= 15 is 0 Å². The van der Waals surface area contributed by atoms with Crippen molar-refractivity contribution in [3.05, 3.63) is 51.1 Å². The Balaban J connectivity index is 1.73. The Labute approximate surface area is 195 Å². The van der Waals surface area contributed by atoms with Gasteiger partial charge in [0.2, 0.25) is 0 Å². The largest absolute Gasteiger partial charge is 0.383 e. The van der Waals surface area contributed by atoms with Crippen LogP contribution in [0.2, 0.25) is 0 Å². The zero-order valence-corrected chi connectivity index (χ0v) is 20.3. The Bertz CT molecular complexity index is 1130. The second-order valence-electron chi connectivity index (χ2n) is 9.32. The predicted octanol–water partition coefficient (Wildman–Crippen LogP) is 4.06. The number of aromatic amines is 1. The van der Waals surface area contributed by atoms with Gasteiger partial charge in [-0.2, -0.15) is 0 Å². The minimum Gasteiger partial charge on any atom is -0.383 e. The summed E-state index contributed by atoms with van der Waals surface area (Å²) in [5, 5.41) is 13.7. The first kappa shape index (κ1) is 23.6. The molecule has 2 heterocycles. The quantitative estimate of drug-likeness (QED) is 0.499. The van der Waals surface area contributed by atoms with Gasteiger partial charge in [0.25, 0.3) is 5.56 Å². The van der Waals surface area contributed by atoms with Crippen molar-refractivity contribution in [2.45, 2.75) is 84.5 Å². The fourth-order valence-electron chi connectivity index (χ4n) is 5.07. The highest BCUT2D eigenvalue weighted by atomic mass is 16.5. The van der Waals surface area contributed by atoms with Crippen molar-refractivity contribution in [2.75, 3.05) is 13.7 Å². The van der Waals surface area contributed by atoms with Gasteiger partial charge < -0.3 is 9.72 Å². The minimum absolute atomic E-state index is 0.0111. The van der Waals surface area contributed by atoms with Crippen LogP contribution in [0.3, 0.4) is 0 Å². The number of rotatable bonds is 10. The summed E-state index contributed by atoms with van der Waals surface area (Å²) in [5.41, 5.74) is 4.10. The van der Waals surface area contributed by atoms with E-state index in [-0.39, 0.29) is 11.6 Å². The van der Waals surface area contributed by atoms with Crippen LogP contribution in [0.25, 0.3) is 10.9 Å². The maximum Gasteiger partial charge on any atom is 0.252 e. The summed E-state index contributed by atoms with van der Waals surface area (Å²) < 4.78 is 7.13. The lowest BCUT2D eigenvalue weighted by Crippen LogP contribution is -2.39. The molecule has 0 bridgehead atoms. The Morgan fingerprint density at radius 2 is 1.97 bits per heavy atom. The van der Waals surface area contributed by atoms with Crippen molar-refractivity contribution in [2.24, 2.45) is 0 Å². The van der Waals surface area contributed by atoms with Crippen molar-refractivity contribution in [3.8, 4) is 0 Å². The fourth-order valence-corrected chi connectivity index (χ4v) is 5.07. The summed E-state index contributed by atoms with van der Waals surface area (Å²) in [6.45, 7) is 8.14. The van der Waals surface area contributed by atoms with E-state index in [1.165, 1.54) is 24.0 Å². The number of aromatic nitrogens is 5. The monoisotopic (exact) mass is 452 g/mol. The smallest absolute Gasteiger partial charge is 0.252 e. The van der Waals surface area contributed by atoms with Gasteiger partial charge in [-0.25, -0.2) is 4.68 Å². The van der Waals surface area contributed by atoms with E-state index in [1.807, 2.05) is 4.68 Å². The molecule has 1 fully saturated rings. The first-order valence-electron chi connectivity index (χ1n) is 12.2. The van der Waals surface area contributed by atoms with E-state index in [0.29, 0.717) is 25.7 Å². The van der Waals surface area contributed by atoms with Crippen molar-refractivity contribution in [1.82, 2.24) is 30.1 Å². The average molecular weight is 453 g/mol. The summed E-state index contributed by atoms with van der Waals surface area (Å²) in [7, 11) is 1.69. The van der Waals surface area contributed by atoms with Gasteiger partial charge in [0.1, 0.15) is 0 Å². The third kappa shape index (κ3) is 5.17. The lowest BCUT2D eigenvalue weighted by atomic mass is 10.0.